The second-order valence-electron chi connectivity index (χ2n) is 8.43. The normalized spacial score (nSPS) is 19.4. The van der Waals surface area contributed by atoms with Crippen molar-refractivity contribution in [3.63, 3.8) is 0 Å². The van der Waals surface area contributed by atoms with E-state index in [2.05, 4.69) is 16.2 Å². The van der Waals surface area contributed by atoms with Crippen LogP contribution in [-0.2, 0) is 4.79 Å². The van der Waals surface area contributed by atoms with Crippen LogP contribution in [0, 0.1) is 11.7 Å². The number of carbonyl (C=O) groups is 2. The first-order chi connectivity index (χ1) is 14.3. The van der Waals surface area contributed by atoms with Crippen molar-refractivity contribution >= 4 is 11.9 Å². The largest absolute Gasteiger partial charge is 0.490 e. The SMILES string of the molecule is CC(NNCC/C=C/CN1C(=O)NC(=O)C1(C)C)c1ccc(F)c(OCC2CC2)c1. The maximum atomic E-state index is 13.9. The van der Waals surface area contributed by atoms with Crippen molar-refractivity contribution in [1.82, 2.24) is 21.1 Å². The van der Waals surface area contributed by atoms with Crippen molar-refractivity contribution in [2.24, 2.45) is 5.92 Å². The fraction of sp³-hybridized carbons (Fsp3) is 0.545. The molecule has 0 spiro atoms. The third-order valence-corrected chi connectivity index (χ3v) is 5.53. The van der Waals surface area contributed by atoms with Crippen LogP contribution in [0.2, 0.25) is 0 Å². The van der Waals surface area contributed by atoms with E-state index in [1.165, 1.54) is 23.8 Å². The van der Waals surface area contributed by atoms with Gasteiger partial charge < -0.3 is 9.64 Å². The van der Waals surface area contributed by atoms with E-state index in [0.29, 0.717) is 31.4 Å². The Morgan fingerprint density at radius 2 is 2.10 bits per heavy atom. The summed E-state index contributed by atoms with van der Waals surface area (Å²) in [6.45, 7) is 7.09. The van der Waals surface area contributed by atoms with E-state index in [1.807, 2.05) is 19.1 Å². The predicted molar refractivity (Wildman–Crippen MR) is 112 cm³/mol. The van der Waals surface area contributed by atoms with E-state index in [0.717, 1.165) is 12.0 Å². The van der Waals surface area contributed by atoms with Gasteiger partial charge in [0, 0.05) is 19.1 Å². The third kappa shape index (κ3) is 5.58. The molecule has 2 aliphatic rings. The standard InChI is InChI=1S/C22H31FN4O3/c1-15(17-9-10-18(23)19(13-17)30-14-16-7-8-16)26-24-11-5-4-6-12-27-21(29)25-20(28)22(27,2)3/h4,6,9-10,13,15-16,24,26H,5,7-8,11-12,14H2,1-3H3,(H,25,28,29)/b6-4+. The Bertz CT molecular complexity index is 808. The second kappa shape index (κ2) is 9.57. The topological polar surface area (TPSA) is 82.7 Å². The minimum Gasteiger partial charge on any atom is -0.490 e. The molecule has 8 heteroatoms. The quantitative estimate of drug-likeness (QED) is 0.223. The summed E-state index contributed by atoms with van der Waals surface area (Å²) in [4.78, 5) is 25.1. The molecule has 30 heavy (non-hydrogen) atoms. The van der Waals surface area contributed by atoms with E-state index < -0.39 is 5.54 Å². The molecule has 1 heterocycles. The molecule has 1 saturated carbocycles. The molecule has 1 aromatic rings. The van der Waals surface area contributed by atoms with Gasteiger partial charge in [-0.05, 0) is 63.6 Å². The van der Waals surface area contributed by atoms with Gasteiger partial charge in [0.2, 0.25) is 0 Å². The fourth-order valence-corrected chi connectivity index (χ4v) is 3.16. The van der Waals surface area contributed by atoms with Crippen LogP contribution in [0.4, 0.5) is 9.18 Å². The van der Waals surface area contributed by atoms with Crippen LogP contribution in [0.5, 0.6) is 5.75 Å². The lowest BCUT2D eigenvalue weighted by Gasteiger charge is -2.26. The molecule has 1 atom stereocenters. The minimum atomic E-state index is -0.826. The molecule has 1 saturated heterocycles. The van der Waals surface area contributed by atoms with Gasteiger partial charge in [-0.3, -0.25) is 21.0 Å². The maximum Gasteiger partial charge on any atom is 0.325 e. The Morgan fingerprint density at radius 1 is 1.33 bits per heavy atom. The van der Waals surface area contributed by atoms with Crippen molar-refractivity contribution in [3.05, 3.63) is 41.7 Å². The van der Waals surface area contributed by atoms with Gasteiger partial charge in [0.25, 0.3) is 5.91 Å². The Labute approximate surface area is 177 Å². The Balaban J connectivity index is 1.37. The van der Waals surface area contributed by atoms with Crippen molar-refractivity contribution in [2.45, 2.75) is 51.6 Å². The van der Waals surface area contributed by atoms with E-state index in [4.69, 9.17) is 4.74 Å². The number of nitrogens with zero attached hydrogens (tertiary/aromatic N) is 1. The van der Waals surface area contributed by atoms with Gasteiger partial charge in [-0.25, -0.2) is 9.18 Å². The highest BCUT2D eigenvalue weighted by Crippen LogP contribution is 2.31. The molecule has 1 unspecified atom stereocenters. The van der Waals surface area contributed by atoms with Crippen LogP contribution in [0.1, 0.15) is 51.6 Å². The molecule has 3 rings (SSSR count). The zero-order valence-corrected chi connectivity index (χ0v) is 17.8. The van der Waals surface area contributed by atoms with Gasteiger partial charge in [0.1, 0.15) is 5.54 Å². The minimum absolute atomic E-state index is 0.0158. The highest BCUT2D eigenvalue weighted by Gasteiger charge is 2.44. The lowest BCUT2D eigenvalue weighted by molar-refractivity contribution is -0.124. The first-order valence-corrected chi connectivity index (χ1v) is 10.5. The zero-order chi connectivity index (χ0) is 21.7. The summed E-state index contributed by atoms with van der Waals surface area (Å²) in [5, 5.41) is 2.33. The molecular weight excluding hydrogens is 387 g/mol. The van der Waals surface area contributed by atoms with Crippen LogP contribution >= 0.6 is 0 Å². The Morgan fingerprint density at radius 3 is 2.77 bits per heavy atom. The number of halogens is 1. The van der Waals surface area contributed by atoms with Gasteiger partial charge in [0.05, 0.1) is 6.61 Å². The van der Waals surface area contributed by atoms with Gasteiger partial charge in [-0.15, -0.1) is 0 Å². The number of hydrogen-bond acceptors (Lipinski definition) is 5. The number of imide groups is 1. The molecule has 3 amide bonds. The van der Waals surface area contributed by atoms with Crippen LogP contribution in [0.3, 0.4) is 0 Å². The highest BCUT2D eigenvalue weighted by atomic mass is 19.1. The number of carbonyl (C=O) groups excluding carboxylic acids is 2. The number of urea groups is 1. The smallest absolute Gasteiger partial charge is 0.325 e. The molecule has 0 aromatic heterocycles. The average Bonchev–Trinajstić information content (AvgIpc) is 3.50. The van der Waals surface area contributed by atoms with Crippen molar-refractivity contribution in [1.29, 1.82) is 0 Å². The molecule has 7 nitrogen and oxygen atoms in total. The predicted octanol–water partition coefficient (Wildman–Crippen LogP) is 3.05. The molecule has 3 N–H and O–H groups in total. The van der Waals surface area contributed by atoms with Crippen molar-refractivity contribution < 1.29 is 18.7 Å². The lowest BCUT2D eigenvalue weighted by atomic mass is 10.0. The number of ether oxygens (including phenoxy) is 1. The van der Waals surface area contributed by atoms with E-state index in [1.54, 1.807) is 26.0 Å². The van der Waals surface area contributed by atoms with Crippen LogP contribution < -0.4 is 20.9 Å². The summed E-state index contributed by atoms with van der Waals surface area (Å²) < 4.78 is 19.5. The summed E-state index contributed by atoms with van der Waals surface area (Å²) in [7, 11) is 0. The number of nitrogens with one attached hydrogen (secondary N) is 3. The summed E-state index contributed by atoms with van der Waals surface area (Å²) in [6, 6.07) is 4.57. The molecule has 164 valence electrons. The zero-order valence-electron chi connectivity index (χ0n) is 17.8. The summed E-state index contributed by atoms with van der Waals surface area (Å²) >= 11 is 0. The number of amides is 3. The van der Waals surface area contributed by atoms with Crippen LogP contribution in [0.15, 0.2) is 30.4 Å². The molecule has 2 fully saturated rings. The average molecular weight is 419 g/mol. The summed E-state index contributed by atoms with van der Waals surface area (Å²) in [5.74, 6) is 0.275. The number of hydrazine groups is 1. The Hall–Kier alpha value is -2.45. The lowest BCUT2D eigenvalue weighted by Crippen LogP contribution is -2.44. The number of hydrogen-bond donors (Lipinski definition) is 3. The number of benzene rings is 1. The summed E-state index contributed by atoms with van der Waals surface area (Å²) in [6.07, 6.45) is 6.93. The molecular formula is C22H31FN4O3. The summed E-state index contributed by atoms with van der Waals surface area (Å²) in [5.41, 5.74) is 6.47. The van der Waals surface area contributed by atoms with E-state index in [-0.39, 0.29) is 23.8 Å². The van der Waals surface area contributed by atoms with Gasteiger partial charge in [-0.1, -0.05) is 18.2 Å². The maximum absolute atomic E-state index is 13.9. The van der Waals surface area contributed by atoms with Crippen LogP contribution in [0.25, 0.3) is 0 Å². The van der Waals surface area contributed by atoms with Gasteiger partial charge in [-0.2, -0.15) is 0 Å². The van der Waals surface area contributed by atoms with Crippen LogP contribution in [-0.4, -0.2) is 42.1 Å². The van der Waals surface area contributed by atoms with Crippen molar-refractivity contribution in [3.8, 4) is 5.75 Å². The molecule has 1 aliphatic heterocycles. The molecule has 0 radical (unpaired) electrons. The fourth-order valence-electron chi connectivity index (χ4n) is 3.16. The molecule has 1 aliphatic carbocycles. The van der Waals surface area contributed by atoms with Gasteiger partial charge >= 0.3 is 6.03 Å². The Kier molecular flexibility index (Phi) is 7.10. The molecule has 1 aromatic carbocycles. The first kappa shape index (κ1) is 22.2. The highest BCUT2D eigenvalue weighted by molar-refractivity contribution is 6.06. The van der Waals surface area contributed by atoms with E-state index >= 15 is 0 Å². The molecule has 0 bridgehead atoms. The van der Waals surface area contributed by atoms with Gasteiger partial charge in [0.15, 0.2) is 11.6 Å². The first-order valence-electron chi connectivity index (χ1n) is 10.5. The third-order valence-electron chi connectivity index (χ3n) is 5.53. The second-order valence-corrected chi connectivity index (χ2v) is 8.43. The monoisotopic (exact) mass is 418 g/mol. The number of rotatable bonds is 11. The van der Waals surface area contributed by atoms with Crippen molar-refractivity contribution in [2.75, 3.05) is 19.7 Å². The van der Waals surface area contributed by atoms with E-state index in [9.17, 15) is 14.0 Å².